The number of hydrogen-bond donors (Lipinski definition) is 4. The first-order valence-electron chi connectivity index (χ1n) is 7.27. The molecule has 0 aromatic heterocycles. The van der Waals surface area contributed by atoms with E-state index in [-0.39, 0.29) is 29.5 Å². The summed E-state index contributed by atoms with van der Waals surface area (Å²) in [6, 6.07) is 12.6. The van der Waals surface area contributed by atoms with E-state index in [1.807, 2.05) is 24.3 Å². The van der Waals surface area contributed by atoms with E-state index < -0.39 is 0 Å². The highest BCUT2D eigenvalue weighted by Crippen LogP contribution is 2.43. The normalized spacial score (nSPS) is 24.4. The number of phenols is 2. The van der Waals surface area contributed by atoms with Crippen LogP contribution in [0, 0.1) is 0 Å². The second-order valence-electron chi connectivity index (χ2n) is 5.57. The molecule has 0 amide bonds. The van der Waals surface area contributed by atoms with Gasteiger partial charge in [-0.15, -0.1) is 0 Å². The first-order chi connectivity index (χ1) is 10.6. The number of hydrazine groups is 1. The Bertz CT molecular complexity index is 675. The second kappa shape index (κ2) is 5.87. The van der Waals surface area contributed by atoms with Crippen LogP contribution in [0.4, 0.5) is 0 Å². The highest BCUT2D eigenvalue weighted by molar-refractivity contribution is 5.46. The summed E-state index contributed by atoms with van der Waals surface area (Å²) in [5, 5.41) is 19.7. The molecule has 2 aromatic carbocycles. The van der Waals surface area contributed by atoms with E-state index in [9.17, 15) is 10.2 Å². The van der Waals surface area contributed by atoms with E-state index in [1.165, 1.54) is 6.07 Å². The quantitative estimate of drug-likeness (QED) is 0.700. The van der Waals surface area contributed by atoms with Crippen LogP contribution in [0.1, 0.15) is 30.0 Å². The van der Waals surface area contributed by atoms with Crippen molar-refractivity contribution in [3.63, 3.8) is 0 Å². The average Bonchev–Trinajstić information content (AvgIpc) is 2.88. The molecule has 1 heterocycles. The lowest BCUT2D eigenvalue weighted by atomic mass is 9.83. The van der Waals surface area contributed by atoms with Gasteiger partial charge in [0, 0.05) is 29.2 Å². The third-order valence-corrected chi connectivity index (χ3v) is 4.21. The molecule has 0 saturated carbocycles. The van der Waals surface area contributed by atoms with Crippen LogP contribution in [0.2, 0.25) is 0 Å². The van der Waals surface area contributed by atoms with Gasteiger partial charge >= 0.3 is 0 Å². The van der Waals surface area contributed by atoms with Gasteiger partial charge < -0.3 is 14.9 Å². The van der Waals surface area contributed by atoms with Crippen LogP contribution in [-0.2, 0) is 0 Å². The highest BCUT2D eigenvalue weighted by Gasteiger charge is 2.38. The molecule has 3 atom stereocenters. The van der Waals surface area contributed by atoms with Gasteiger partial charge in [-0.05, 0) is 19.1 Å². The Labute approximate surface area is 129 Å². The van der Waals surface area contributed by atoms with E-state index in [0.717, 1.165) is 16.9 Å². The monoisotopic (exact) mass is 300 g/mol. The fraction of sp³-hybridized carbons (Fsp3) is 0.294. The molecule has 0 aliphatic carbocycles. The Morgan fingerprint density at radius 3 is 2.50 bits per heavy atom. The van der Waals surface area contributed by atoms with Crippen LogP contribution in [-0.4, -0.2) is 23.4 Å². The summed E-state index contributed by atoms with van der Waals surface area (Å²) >= 11 is 0. The predicted octanol–water partition coefficient (Wildman–Crippen LogP) is 2.43. The van der Waals surface area contributed by atoms with Crippen LogP contribution in [0.3, 0.4) is 0 Å². The van der Waals surface area contributed by atoms with Crippen molar-refractivity contribution >= 4 is 0 Å². The molecule has 1 saturated heterocycles. The molecule has 0 radical (unpaired) electrons. The molecule has 3 unspecified atom stereocenters. The molecule has 1 aliphatic rings. The highest BCUT2D eigenvalue weighted by atomic mass is 16.5. The van der Waals surface area contributed by atoms with Crippen LogP contribution in [0.15, 0.2) is 42.5 Å². The Morgan fingerprint density at radius 2 is 1.77 bits per heavy atom. The second-order valence-corrected chi connectivity index (χ2v) is 5.57. The van der Waals surface area contributed by atoms with Crippen molar-refractivity contribution in [2.45, 2.75) is 24.9 Å². The zero-order valence-corrected chi connectivity index (χ0v) is 12.6. The van der Waals surface area contributed by atoms with Crippen molar-refractivity contribution in [3.05, 3.63) is 53.6 Å². The lowest BCUT2D eigenvalue weighted by Crippen LogP contribution is -2.29. The fourth-order valence-electron chi connectivity index (χ4n) is 3.15. The third-order valence-electron chi connectivity index (χ3n) is 4.21. The van der Waals surface area contributed by atoms with Gasteiger partial charge in [0.2, 0.25) is 0 Å². The van der Waals surface area contributed by atoms with Crippen molar-refractivity contribution in [1.29, 1.82) is 0 Å². The summed E-state index contributed by atoms with van der Waals surface area (Å²) in [5.74, 6) is 1.04. The smallest absolute Gasteiger partial charge is 0.124 e. The fourth-order valence-corrected chi connectivity index (χ4v) is 3.15. The lowest BCUT2D eigenvalue weighted by Gasteiger charge is -2.24. The van der Waals surface area contributed by atoms with Crippen molar-refractivity contribution in [2.24, 2.45) is 0 Å². The Morgan fingerprint density at radius 1 is 1.00 bits per heavy atom. The summed E-state index contributed by atoms with van der Waals surface area (Å²) < 4.78 is 5.48. The van der Waals surface area contributed by atoms with Crippen LogP contribution in [0.25, 0.3) is 0 Å². The van der Waals surface area contributed by atoms with Crippen LogP contribution in [0.5, 0.6) is 17.2 Å². The molecular formula is C17H20N2O3. The largest absolute Gasteiger partial charge is 0.508 e. The molecule has 1 fully saturated rings. The van der Waals surface area contributed by atoms with Gasteiger partial charge in [0.05, 0.1) is 13.2 Å². The number of aromatic hydroxyl groups is 2. The maximum absolute atomic E-state index is 10.2. The minimum atomic E-state index is -0.119. The SMILES string of the molecule is COc1ccccc1C1C(C)NNC1c1ccc(O)cc1O. The maximum atomic E-state index is 10.2. The molecule has 22 heavy (non-hydrogen) atoms. The molecule has 0 bridgehead atoms. The lowest BCUT2D eigenvalue weighted by molar-refractivity contribution is 0.397. The molecule has 2 aromatic rings. The summed E-state index contributed by atoms with van der Waals surface area (Å²) in [4.78, 5) is 0. The molecule has 1 aliphatic heterocycles. The molecule has 116 valence electrons. The number of ether oxygens (including phenoxy) is 1. The first-order valence-corrected chi connectivity index (χ1v) is 7.27. The number of phenolic OH excluding ortho intramolecular Hbond substituents is 2. The van der Waals surface area contributed by atoms with Crippen molar-refractivity contribution < 1.29 is 14.9 Å². The Hall–Kier alpha value is -2.24. The van der Waals surface area contributed by atoms with Crippen molar-refractivity contribution in [3.8, 4) is 17.2 Å². The number of nitrogens with one attached hydrogen (secondary N) is 2. The molecule has 5 heteroatoms. The predicted molar refractivity (Wildman–Crippen MR) is 84.0 cm³/mol. The van der Waals surface area contributed by atoms with E-state index >= 15 is 0 Å². The summed E-state index contributed by atoms with van der Waals surface area (Å²) in [7, 11) is 1.66. The van der Waals surface area contributed by atoms with E-state index in [2.05, 4.69) is 17.8 Å². The number of benzene rings is 2. The summed E-state index contributed by atoms with van der Waals surface area (Å²) in [6.45, 7) is 2.08. The van der Waals surface area contributed by atoms with E-state index in [0.29, 0.717) is 0 Å². The van der Waals surface area contributed by atoms with Crippen LogP contribution < -0.4 is 15.6 Å². The van der Waals surface area contributed by atoms with Gasteiger partial charge in [-0.25, -0.2) is 5.43 Å². The number of methoxy groups -OCH3 is 1. The van der Waals surface area contributed by atoms with E-state index in [1.54, 1.807) is 19.2 Å². The summed E-state index contributed by atoms with van der Waals surface area (Å²) in [5.41, 5.74) is 8.28. The number of hydrogen-bond acceptors (Lipinski definition) is 5. The van der Waals surface area contributed by atoms with Crippen LogP contribution >= 0.6 is 0 Å². The first kappa shape index (κ1) is 14.7. The minimum Gasteiger partial charge on any atom is -0.508 e. The maximum Gasteiger partial charge on any atom is 0.124 e. The average molecular weight is 300 g/mol. The van der Waals surface area contributed by atoms with Gasteiger partial charge in [-0.2, -0.15) is 0 Å². The van der Waals surface area contributed by atoms with Gasteiger partial charge in [0.15, 0.2) is 0 Å². The topological polar surface area (TPSA) is 73.8 Å². The van der Waals surface area contributed by atoms with Gasteiger partial charge in [0.1, 0.15) is 17.2 Å². The number of para-hydroxylation sites is 1. The Balaban J connectivity index is 2.04. The van der Waals surface area contributed by atoms with Gasteiger partial charge in [0.25, 0.3) is 0 Å². The number of rotatable bonds is 3. The molecule has 4 N–H and O–H groups in total. The minimum absolute atomic E-state index is 0.0501. The van der Waals surface area contributed by atoms with Gasteiger partial charge in [-0.1, -0.05) is 24.3 Å². The zero-order valence-electron chi connectivity index (χ0n) is 12.6. The zero-order chi connectivity index (χ0) is 15.7. The van der Waals surface area contributed by atoms with Crippen molar-refractivity contribution in [1.82, 2.24) is 10.9 Å². The molecule has 5 nitrogen and oxygen atoms in total. The van der Waals surface area contributed by atoms with Gasteiger partial charge in [-0.3, -0.25) is 5.43 Å². The molecule has 3 rings (SSSR count). The third kappa shape index (κ3) is 2.49. The Kier molecular flexibility index (Phi) is 3.92. The molecule has 0 spiro atoms. The molecular weight excluding hydrogens is 280 g/mol. The summed E-state index contributed by atoms with van der Waals surface area (Å²) in [6.07, 6.45) is 0. The van der Waals surface area contributed by atoms with Crippen molar-refractivity contribution in [2.75, 3.05) is 7.11 Å². The van der Waals surface area contributed by atoms with E-state index in [4.69, 9.17) is 4.74 Å². The standard InChI is InChI=1S/C17H20N2O3/c1-10-16(13-5-3-4-6-15(13)22-2)17(19-18-10)12-8-7-11(20)9-14(12)21/h3-10,16-21H,1-2H3.